The third-order valence-corrected chi connectivity index (χ3v) is 5.79. The van der Waals surface area contributed by atoms with Crippen LogP contribution in [0.15, 0.2) is 52.2 Å². The molecule has 0 unspecified atom stereocenters. The molecule has 174 valence electrons. The summed E-state index contributed by atoms with van der Waals surface area (Å²) in [7, 11) is 0. The lowest BCUT2D eigenvalue weighted by Gasteiger charge is -2.28. The third kappa shape index (κ3) is 5.62. The predicted molar refractivity (Wildman–Crippen MR) is 127 cm³/mol. The Morgan fingerprint density at radius 3 is 2.67 bits per heavy atom. The van der Waals surface area contributed by atoms with Crippen LogP contribution in [0.5, 0.6) is 5.88 Å². The highest BCUT2D eigenvalue weighted by molar-refractivity contribution is 5.97. The van der Waals surface area contributed by atoms with Crippen molar-refractivity contribution in [3.8, 4) is 5.88 Å². The van der Waals surface area contributed by atoms with Crippen LogP contribution in [0, 0.1) is 0 Å². The van der Waals surface area contributed by atoms with Gasteiger partial charge >= 0.3 is 0 Å². The van der Waals surface area contributed by atoms with Crippen LogP contribution in [0.3, 0.4) is 0 Å². The van der Waals surface area contributed by atoms with E-state index in [9.17, 15) is 0 Å². The van der Waals surface area contributed by atoms with Gasteiger partial charge in [0.1, 0.15) is 24.3 Å². The number of hydrazone groups is 1. The average molecular weight is 452 g/mol. The summed E-state index contributed by atoms with van der Waals surface area (Å²) in [6.45, 7) is 7.85. The molecule has 0 radical (unpaired) electrons. The SMILES string of the molecule is C(=NNc1cc(OCCN2CCOCC2)nc(N2CCOCC2)c1)c1coc2ccccc12. The van der Waals surface area contributed by atoms with Gasteiger partial charge in [0.05, 0.1) is 38.3 Å². The molecule has 0 spiro atoms. The summed E-state index contributed by atoms with van der Waals surface area (Å²) in [5.74, 6) is 1.44. The first kappa shape index (κ1) is 21.7. The van der Waals surface area contributed by atoms with Gasteiger partial charge in [0.15, 0.2) is 0 Å². The standard InChI is InChI=1S/C24H29N5O4/c1-2-4-22-21(3-1)19(18-33-22)17-25-27-20-15-23(29-8-12-31-13-9-29)26-24(16-20)32-14-7-28-5-10-30-11-6-28/h1-4,15-18H,5-14H2,(H,26,27). The number of morpholine rings is 2. The summed E-state index contributed by atoms with van der Waals surface area (Å²) in [6.07, 6.45) is 3.47. The number of pyridine rings is 1. The Balaban J connectivity index is 1.28. The fourth-order valence-corrected chi connectivity index (χ4v) is 3.96. The van der Waals surface area contributed by atoms with Gasteiger partial charge in [-0.2, -0.15) is 10.1 Å². The zero-order chi connectivity index (χ0) is 22.3. The van der Waals surface area contributed by atoms with Crippen LogP contribution < -0.4 is 15.1 Å². The molecule has 2 saturated heterocycles. The molecule has 2 aliphatic rings. The molecule has 0 aliphatic carbocycles. The van der Waals surface area contributed by atoms with E-state index < -0.39 is 0 Å². The lowest BCUT2D eigenvalue weighted by molar-refractivity contribution is 0.0320. The minimum atomic E-state index is 0.573. The number of hydrogen-bond donors (Lipinski definition) is 1. The Bertz CT molecular complexity index is 1070. The number of anilines is 2. The highest BCUT2D eigenvalue weighted by atomic mass is 16.5. The lowest BCUT2D eigenvalue weighted by atomic mass is 10.2. The van der Waals surface area contributed by atoms with Crippen molar-refractivity contribution in [3.05, 3.63) is 48.2 Å². The molecule has 0 amide bonds. The molecule has 0 atom stereocenters. The van der Waals surface area contributed by atoms with Crippen molar-refractivity contribution in [3.63, 3.8) is 0 Å². The van der Waals surface area contributed by atoms with Crippen molar-refractivity contribution in [1.29, 1.82) is 0 Å². The van der Waals surface area contributed by atoms with Crippen molar-refractivity contribution in [2.24, 2.45) is 5.10 Å². The molecule has 5 rings (SSSR count). The number of hydrogen-bond acceptors (Lipinski definition) is 9. The first-order valence-electron chi connectivity index (χ1n) is 11.4. The molecule has 3 aromatic rings. The fourth-order valence-electron chi connectivity index (χ4n) is 3.96. The minimum Gasteiger partial charge on any atom is -0.476 e. The van der Waals surface area contributed by atoms with Crippen LogP contribution in [0.2, 0.25) is 0 Å². The summed E-state index contributed by atoms with van der Waals surface area (Å²) in [5, 5.41) is 5.46. The maximum absolute atomic E-state index is 6.03. The quantitative estimate of drug-likeness (QED) is 0.414. The summed E-state index contributed by atoms with van der Waals surface area (Å²) in [5.41, 5.74) is 5.71. The van der Waals surface area contributed by atoms with Crippen LogP contribution in [0.25, 0.3) is 11.0 Å². The van der Waals surface area contributed by atoms with E-state index in [-0.39, 0.29) is 0 Å². The van der Waals surface area contributed by atoms with E-state index in [0.29, 0.717) is 25.7 Å². The third-order valence-electron chi connectivity index (χ3n) is 5.79. The topological polar surface area (TPSA) is 84.6 Å². The van der Waals surface area contributed by atoms with E-state index in [4.69, 9.17) is 23.6 Å². The van der Waals surface area contributed by atoms with E-state index in [0.717, 1.165) is 74.0 Å². The first-order chi connectivity index (χ1) is 16.3. The van der Waals surface area contributed by atoms with Crippen LogP contribution in [0.4, 0.5) is 11.5 Å². The summed E-state index contributed by atoms with van der Waals surface area (Å²) >= 11 is 0. The molecule has 33 heavy (non-hydrogen) atoms. The maximum atomic E-state index is 6.03. The Morgan fingerprint density at radius 2 is 1.82 bits per heavy atom. The molecule has 4 heterocycles. The number of rotatable bonds is 8. The van der Waals surface area contributed by atoms with Gasteiger partial charge in [-0.15, -0.1) is 0 Å². The van der Waals surface area contributed by atoms with Crippen LogP contribution >= 0.6 is 0 Å². The van der Waals surface area contributed by atoms with Gasteiger partial charge in [-0.3, -0.25) is 10.3 Å². The largest absolute Gasteiger partial charge is 0.476 e. The van der Waals surface area contributed by atoms with Gasteiger partial charge in [-0.25, -0.2) is 0 Å². The highest BCUT2D eigenvalue weighted by Gasteiger charge is 2.15. The molecular weight excluding hydrogens is 422 g/mol. The molecule has 0 saturated carbocycles. The number of nitrogens with zero attached hydrogens (tertiary/aromatic N) is 4. The normalized spacial score (nSPS) is 17.6. The maximum Gasteiger partial charge on any atom is 0.217 e. The predicted octanol–water partition coefficient (Wildman–Crippen LogP) is 2.82. The van der Waals surface area contributed by atoms with Crippen molar-refractivity contribution in [1.82, 2.24) is 9.88 Å². The molecule has 2 aliphatic heterocycles. The Hall–Kier alpha value is -3.14. The minimum absolute atomic E-state index is 0.573. The average Bonchev–Trinajstić information content (AvgIpc) is 3.28. The molecule has 2 fully saturated rings. The molecule has 9 nitrogen and oxygen atoms in total. The second kappa shape index (κ2) is 10.7. The number of benzene rings is 1. The monoisotopic (exact) mass is 451 g/mol. The van der Waals surface area contributed by atoms with Gasteiger partial charge in [0.2, 0.25) is 5.88 Å². The smallest absolute Gasteiger partial charge is 0.217 e. The summed E-state index contributed by atoms with van der Waals surface area (Å²) in [4.78, 5) is 9.28. The van der Waals surface area contributed by atoms with Crippen LogP contribution in [0.1, 0.15) is 5.56 Å². The Kier molecular flexibility index (Phi) is 7.00. The highest BCUT2D eigenvalue weighted by Crippen LogP contribution is 2.24. The summed E-state index contributed by atoms with van der Waals surface area (Å²) < 4.78 is 22.5. The summed E-state index contributed by atoms with van der Waals surface area (Å²) in [6, 6.07) is 11.8. The van der Waals surface area contributed by atoms with E-state index in [1.54, 1.807) is 12.5 Å². The van der Waals surface area contributed by atoms with Crippen LogP contribution in [-0.2, 0) is 9.47 Å². The molecule has 1 N–H and O–H groups in total. The van der Waals surface area contributed by atoms with Gasteiger partial charge in [0.25, 0.3) is 0 Å². The van der Waals surface area contributed by atoms with E-state index in [1.165, 1.54) is 0 Å². The Morgan fingerprint density at radius 1 is 1.03 bits per heavy atom. The number of ether oxygens (including phenoxy) is 3. The number of fused-ring (bicyclic) bond motifs is 1. The number of nitrogens with one attached hydrogen (secondary N) is 1. The number of para-hydroxylation sites is 1. The molecule has 2 aromatic heterocycles. The van der Waals surface area contributed by atoms with Gasteiger partial charge in [0, 0.05) is 55.8 Å². The first-order valence-corrected chi connectivity index (χ1v) is 11.4. The van der Waals surface area contributed by atoms with E-state index >= 15 is 0 Å². The van der Waals surface area contributed by atoms with E-state index in [1.807, 2.05) is 36.4 Å². The molecule has 1 aromatic carbocycles. The molecular formula is C24H29N5O4. The number of furan rings is 1. The van der Waals surface area contributed by atoms with Gasteiger partial charge in [-0.05, 0) is 6.07 Å². The van der Waals surface area contributed by atoms with Crippen LogP contribution in [-0.4, -0.2) is 81.9 Å². The lowest BCUT2D eigenvalue weighted by Crippen LogP contribution is -2.38. The van der Waals surface area contributed by atoms with Gasteiger partial charge < -0.3 is 23.5 Å². The molecule has 0 bridgehead atoms. The second-order valence-corrected chi connectivity index (χ2v) is 8.01. The van der Waals surface area contributed by atoms with Crippen molar-refractivity contribution in [2.45, 2.75) is 0 Å². The zero-order valence-corrected chi connectivity index (χ0v) is 18.6. The zero-order valence-electron chi connectivity index (χ0n) is 18.6. The molecule has 9 heteroatoms. The van der Waals surface area contributed by atoms with Gasteiger partial charge in [-0.1, -0.05) is 18.2 Å². The van der Waals surface area contributed by atoms with Crippen molar-refractivity contribution in [2.75, 3.05) is 76.1 Å². The number of aromatic nitrogens is 1. The second-order valence-electron chi connectivity index (χ2n) is 8.01. The van der Waals surface area contributed by atoms with Crippen molar-refractivity contribution < 1.29 is 18.6 Å². The van der Waals surface area contributed by atoms with Crippen molar-refractivity contribution >= 4 is 28.7 Å². The Labute approximate surface area is 192 Å². The van der Waals surface area contributed by atoms with E-state index in [2.05, 4.69) is 20.3 Å². The fraction of sp³-hybridized carbons (Fsp3) is 0.417.